The van der Waals surface area contributed by atoms with Gasteiger partial charge in [0, 0.05) is 6.54 Å². The van der Waals surface area contributed by atoms with Crippen molar-refractivity contribution in [2.24, 2.45) is 0 Å². The smallest absolute Gasteiger partial charge is 0.360 e. The van der Waals surface area contributed by atoms with E-state index in [0.717, 1.165) is 18.8 Å². The highest BCUT2D eigenvalue weighted by atomic mass is 16.5. The summed E-state index contributed by atoms with van der Waals surface area (Å²) in [6.45, 7) is 4.74. The van der Waals surface area contributed by atoms with Gasteiger partial charge in [0.05, 0.1) is 6.61 Å². The van der Waals surface area contributed by atoms with Gasteiger partial charge in [-0.05, 0) is 39.5 Å². The van der Waals surface area contributed by atoms with Crippen LogP contribution in [0, 0.1) is 6.92 Å². The van der Waals surface area contributed by atoms with Crippen LogP contribution in [0.4, 0.5) is 5.82 Å². The van der Waals surface area contributed by atoms with Crippen LogP contribution in [0.5, 0.6) is 0 Å². The maximum absolute atomic E-state index is 11.7. The van der Waals surface area contributed by atoms with Crippen LogP contribution in [0.1, 0.15) is 48.9 Å². The lowest BCUT2D eigenvalue weighted by Crippen LogP contribution is -2.10. The highest BCUT2D eigenvalue weighted by Crippen LogP contribution is 2.23. The average Bonchev–Trinajstić information content (AvgIpc) is 2.97. The van der Waals surface area contributed by atoms with E-state index in [1.165, 1.54) is 24.8 Å². The van der Waals surface area contributed by atoms with Crippen LogP contribution in [0.25, 0.3) is 0 Å². The third-order valence-electron chi connectivity index (χ3n) is 3.46. The SMILES string of the molecule is CCOC(=O)c1nc(C)n(CCC2=CCCC2)c1N. The van der Waals surface area contributed by atoms with Crippen molar-refractivity contribution in [1.29, 1.82) is 0 Å². The molecule has 5 heteroatoms. The molecule has 2 N–H and O–H groups in total. The molecule has 0 unspecified atom stereocenters. The third-order valence-corrected chi connectivity index (χ3v) is 3.46. The van der Waals surface area contributed by atoms with Crippen LogP contribution in [0.2, 0.25) is 0 Å². The maximum Gasteiger partial charge on any atom is 0.360 e. The van der Waals surface area contributed by atoms with Crippen LogP contribution >= 0.6 is 0 Å². The molecule has 0 bridgehead atoms. The minimum Gasteiger partial charge on any atom is -0.461 e. The molecular weight excluding hydrogens is 242 g/mol. The average molecular weight is 263 g/mol. The van der Waals surface area contributed by atoms with E-state index < -0.39 is 5.97 Å². The summed E-state index contributed by atoms with van der Waals surface area (Å²) in [6.07, 6.45) is 6.89. The number of hydrogen-bond acceptors (Lipinski definition) is 4. The van der Waals surface area contributed by atoms with E-state index in [9.17, 15) is 4.79 Å². The first-order valence-corrected chi connectivity index (χ1v) is 6.81. The summed E-state index contributed by atoms with van der Waals surface area (Å²) in [5.74, 6) is 0.732. The second kappa shape index (κ2) is 5.91. The van der Waals surface area contributed by atoms with Gasteiger partial charge >= 0.3 is 5.97 Å². The molecule has 0 amide bonds. The van der Waals surface area contributed by atoms with Crippen molar-refractivity contribution in [3.05, 3.63) is 23.2 Å². The first-order valence-electron chi connectivity index (χ1n) is 6.81. The van der Waals surface area contributed by atoms with Crippen LogP contribution in [0.15, 0.2) is 11.6 Å². The summed E-state index contributed by atoms with van der Waals surface area (Å²) >= 11 is 0. The van der Waals surface area contributed by atoms with Crippen LogP contribution in [0.3, 0.4) is 0 Å². The van der Waals surface area contributed by atoms with Gasteiger partial charge in [0.25, 0.3) is 0 Å². The minimum absolute atomic E-state index is 0.236. The zero-order valence-electron chi connectivity index (χ0n) is 11.6. The molecule has 0 atom stereocenters. The van der Waals surface area contributed by atoms with Gasteiger partial charge in [-0.3, -0.25) is 0 Å². The molecule has 1 aromatic heterocycles. The Morgan fingerprint density at radius 1 is 1.58 bits per heavy atom. The Balaban J connectivity index is 2.10. The van der Waals surface area contributed by atoms with E-state index in [4.69, 9.17) is 10.5 Å². The molecule has 1 heterocycles. The first kappa shape index (κ1) is 13.6. The third kappa shape index (κ3) is 2.97. The van der Waals surface area contributed by atoms with Crippen molar-refractivity contribution >= 4 is 11.8 Å². The van der Waals surface area contributed by atoms with E-state index in [-0.39, 0.29) is 5.69 Å². The van der Waals surface area contributed by atoms with Crippen molar-refractivity contribution in [2.75, 3.05) is 12.3 Å². The minimum atomic E-state index is -0.443. The van der Waals surface area contributed by atoms with Crippen molar-refractivity contribution in [3.8, 4) is 0 Å². The number of anilines is 1. The molecule has 2 rings (SSSR count). The number of nitrogen functional groups attached to an aromatic ring is 1. The van der Waals surface area contributed by atoms with Crippen molar-refractivity contribution in [2.45, 2.75) is 46.1 Å². The quantitative estimate of drug-likeness (QED) is 0.654. The van der Waals surface area contributed by atoms with Crippen molar-refractivity contribution < 1.29 is 9.53 Å². The summed E-state index contributed by atoms with van der Waals surface area (Å²) in [6, 6.07) is 0. The van der Waals surface area contributed by atoms with Gasteiger partial charge in [-0.1, -0.05) is 11.6 Å². The van der Waals surface area contributed by atoms with E-state index in [1.54, 1.807) is 6.92 Å². The lowest BCUT2D eigenvalue weighted by molar-refractivity contribution is 0.0521. The molecule has 0 saturated heterocycles. The lowest BCUT2D eigenvalue weighted by Gasteiger charge is -2.08. The van der Waals surface area contributed by atoms with Gasteiger partial charge < -0.3 is 15.0 Å². The van der Waals surface area contributed by atoms with Gasteiger partial charge in [-0.15, -0.1) is 0 Å². The Kier molecular flexibility index (Phi) is 4.24. The predicted molar refractivity (Wildman–Crippen MR) is 73.9 cm³/mol. The summed E-state index contributed by atoms with van der Waals surface area (Å²) in [5.41, 5.74) is 7.71. The maximum atomic E-state index is 11.7. The Bertz CT molecular complexity index is 503. The Morgan fingerprint density at radius 2 is 2.37 bits per heavy atom. The summed E-state index contributed by atoms with van der Waals surface area (Å²) < 4.78 is 6.84. The molecule has 104 valence electrons. The molecule has 1 aromatic rings. The fourth-order valence-electron chi connectivity index (χ4n) is 2.43. The molecule has 0 radical (unpaired) electrons. The molecule has 19 heavy (non-hydrogen) atoms. The predicted octanol–water partition coefficient (Wildman–Crippen LogP) is 2.45. The number of carbonyl (C=O) groups is 1. The number of esters is 1. The molecule has 0 saturated carbocycles. The fraction of sp³-hybridized carbons (Fsp3) is 0.571. The van der Waals surface area contributed by atoms with Gasteiger partial charge in [0.2, 0.25) is 0 Å². The summed E-state index contributed by atoms with van der Waals surface area (Å²) in [5, 5.41) is 0. The Labute approximate surface area is 113 Å². The van der Waals surface area contributed by atoms with E-state index in [0.29, 0.717) is 12.4 Å². The standard InChI is InChI=1S/C14H21N3O2/c1-3-19-14(18)12-13(15)17(10(2)16-12)9-8-11-6-4-5-7-11/h6H,3-5,7-9,15H2,1-2H3. The number of aromatic nitrogens is 2. The van der Waals surface area contributed by atoms with E-state index in [1.807, 2.05) is 11.5 Å². The zero-order chi connectivity index (χ0) is 13.8. The van der Waals surface area contributed by atoms with Crippen LogP contribution in [-0.2, 0) is 11.3 Å². The molecule has 1 aliphatic carbocycles. The largest absolute Gasteiger partial charge is 0.461 e. The second-order valence-electron chi connectivity index (χ2n) is 4.77. The number of allylic oxidation sites excluding steroid dienone is 2. The number of hydrogen-bond donors (Lipinski definition) is 1. The van der Waals surface area contributed by atoms with Gasteiger partial charge in [-0.25, -0.2) is 9.78 Å². The second-order valence-corrected chi connectivity index (χ2v) is 4.77. The van der Waals surface area contributed by atoms with Crippen LogP contribution in [-0.4, -0.2) is 22.1 Å². The fourth-order valence-corrected chi connectivity index (χ4v) is 2.43. The number of imidazole rings is 1. The van der Waals surface area contributed by atoms with E-state index >= 15 is 0 Å². The van der Waals surface area contributed by atoms with Gasteiger partial charge in [0.15, 0.2) is 5.69 Å². The number of nitrogens with two attached hydrogens (primary N) is 1. The van der Waals surface area contributed by atoms with E-state index in [2.05, 4.69) is 11.1 Å². The number of carbonyl (C=O) groups excluding carboxylic acids is 1. The lowest BCUT2D eigenvalue weighted by atomic mass is 10.1. The zero-order valence-corrected chi connectivity index (χ0v) is 11.6. The topological polar surface area (TPSA) is 70.1 Å². The number of nitrogens with zero attached hydrogens (tertiary/aromatic N) is 2. The molecular formula is C14H21N3O2. The molecule has 0 fully saturated rings. The molecule has 5 nitrogen and oxygen atoms in total. The van der Waals surface area contributed by atoms with Crippen LogP contribution < -0.4 is 5.73 Å². The first-order chi connectivity index (χ1) is 9.13. The normalized spacial score (nSPS) is 14.5. The highest BCUT2D eigenvalue weighted by molar-refractivity contribution is 5.92. The van der Waals surface area contributed by atoms with Crippen molar-refractivity contribution in [3.63, 3.8) is 0 Å². The molecule has 0 aliphatic heterocycles. The molecule has 1 aliphatic rings. The summed E-state index contributed by atoms with van der Waals surface area (Å²) in [7, 11) is 0. The van der Waals surface area contributed by atoms with Gasteiger partial charge in [0.1, 0.15) is 11.6 Å². The Morgan fingerprint density at radius 3 is 3.00 bits per heavy atom. The number of ether oxygens (including phenoxy) is 1. The molecule has 0 aromatic carbocycles. The monoisotopic (exact) mass is 263 g/mol. The number of rotatable bonds is 5. The number of aryl methyl sites for hydroxylation is 1. The van der Waals surface area contributed by atoms with Gasteiger partial charge in [-0.2, -0.15) is 0 Å². The van der Waals surface area contributed by atoms with Crippen molar-refractivity contribution in [1.82, 2.24) is 9.55 Å². The summed E-state index contributed by atoms with van der Waals surface area (Å²) in [4.78, 5) is 15.9. The molecule has 0 spiro atoms. The highest BCUT2D eigenvalue weighted by Gasteiger charge is 2.19. The Hall–Kier alpha value is -1.78.